The first-order valence-corrected chi connectivity index (χ1v) is 7.50. The van der Waals surface area contributed by atoms with E-state index in [0.717, 1.165) is 20.9 Å². The summed E-state index contributed by atoms with van der Waals surface area (Å²) < 4.78 is 1.06. The van der Waals surface area contributed by atoms with Gasteiger partial charge < -0.3 is 5.32 Å². The van der Waals surface area contributed by atoms with Gasteiger partial charge in [-0.1, -0.05) is 46.6 Å². The number of amides is 1. The number of carbonyl (C=O) groups is 1. The van der Waals surface area contributed by atoms with E-state index >= 15 is 0 Å². The summed E-state index contributed by atoms with van der Waals surface area (Å²) in [6.07, 6.45) is 4.34. The standard InChI is InChI=1S/C16H16BrNO/c17-14-8-9-15(13-7-2-1-6-12(13)14)18-16(19)10-11-4-3-5-11/h1-2,6-9,11H,3-5,10H2,(H,18,19). The van der Waals surface area contributed by atoms with Gasteiger partial charge in [-0.3, -0.25) is 4.79 Å². The Kier molecular flexibility index (Phi) is 3.56. The minimum atomic E-state index is 0.136. The summed E-state index contributed by atoms with van der Waals surface area (Å²) in [6, 6.07) is 12.1. The second kappa shape index (κ2) is 5.33. The van der Waals surface area contributed by atoms with E-state index in [0.29, 0.717) is 12.3 Å². The average molecular weight is 318 g/mol. The van der Waals surface area contributed by atoms with Gasteiger partial charge in [0.15, 0.2) is 0 Å². The van der Waals surface area contributed by atoms with Crippen molar-refractivity contribution in [3.05, 3.63) is 40.9 Å². The molecule has 0 spiro atoms. The van der Waals surface area contributed by atoms with Crippen molar-refractivity contribution in [3.63, 3.8) is 0 Å². The van der Waals surface area contributed by atoms with Crippen LogP contribution in [-0.2, 0) is 4.79 Å². The Morgan fingerprint density at radius 1 is 1.16 bits per heavy atom. The zero-order valence-corrected chi connectivity index (χ0v) is 12.2. The first-order chi connectivity index (χ1) is 9.24. The van der Waals surface area contributed by atoms with Gasteiger partial charge in [0.25, 0.3) is 0 Å². The van der Waals surface area contributed by atoms with Crippen molar-refractivity contribution >= 4 is 38.3 Å². The number of hydrogen-bond acceptors (Lipinski definition) is 1. The third kappa shape index (κ3) is 2.66. The molecule has 1 aliphatic rings. The molecular weight excluding hydrogens is 302 g/mol. The van der Waals surface area contributed by atoms with Crippen LogP contribution in [0.3, 0.4) is 0 Å². The zero-order chi connectivity index (χ0) is 13.2. The number of fused-ring (bicyclic) bond motifs is 1. The van der Waals surface area contributed by atoms with Crippen LogP contribution in [0.5, 0.6) is 0 Å². The fourth-order valence-corrected chi connectivity index (χ4v) is 3.01. The quantitative estimate of drug-likeness (QED) is 0.871. The van der Waals surface area contributed by atoms with E-state index in [-0.39, 0.29) is 5.91 Å². The van der Waals surface area contributed by atoms with E-state index in [9.17, 15) is 4.79 Å². The molecule has 0 unspecified atom stereocenters. The summed E-state index contributed by atoms with van der Waals surface area (Å²) in [5.41, 5.74) is 0.906. The monoisotopic (exact) mass is 317 g/mol. The van der Waals surface area contributed by atoms with Crippen LogP contribution in [0, 0.1) is 5.92 Å². The van der Waals surface area contributed by atoms with Crippen molar-refractivity contribution < 1.29 is 4.79 Å². The first-order valence-electron chi connectivity index (χ1n) is 6.71. The minimum absolute atomic E-state index is 0.136. The smallest absolute Gasteiger partial charge is 0.224 e. The molecule has 0 aromatic heterocycles. The highest BCUT2D eigenvalue weighted by atomic mass is 79.9. The number of rotatable bonds is 3. The van der Waals surface area contributed by atoms with Crippen LogP contribution < -0.4 is 5.32 Å². The van der Waals surface area contributed by atoms with E-state index in [4.69, 9.17) is 0 Å². The van der Waals surface area contributed by atoms with Crippen LogP contribution in [0.25, 0.3) is 10.8 Å². The van der Waals surface area contributed by atoms with Gasteiger partial charge in [0.05, 0.1) is 0 Å². The third-order valence-corrected chi connectivity index (χ3v) is 4.54. The maximum atomic E-state index is 12.0. The SMILES string of the molecule is O=C(CC1CCC1)Nc1ccc(Br)c2ccccc12. The lowest BCUT2D eigenvalue weighted by Gasteiger charge is -2.24. The van der Waals surface area contributed by atoms with Crippen LogP contribution in [0.1, 0.15) is 25.7 Å². The van der Waals surface area contributed by atoms with Crippen LogP contribution >= 0.6 is 15.9 Å². The number of halogens is 1. The van der Waals surface area contributed by atoms with Crippen molar-refractivity contribution in [2.45, 2.75) is 25.7 Å². The molecule has 3 heteroatoms. The number of carbonyl (C=O) groups excluding carboxylic acids is 1. The minimum Gasteiger partial charge on any atom is -0.326 e. The van der Waals surface area contributed by atoms with Gasteiger partial charge in [-0.15, -0.1) is 0 Å². The van der Waals surface area contributed by atoms with E-state index in [1.165, 1.54) is 19.3 Å². The molecule has 0 atom stereocenters. The van der Waals surface area contributed by atoms with Crippen LogP contribution in [0.15, 0.2) is 40.9 Å². The van der Waals surface area contributed by atoms with E-state index in [1.54, 1.807) is 0 Å². The highest BCUT2D eigenvalue weighted by molar-refractivity contribution is 9.10. The second-order valence-corrected chi connectivity index (χ2v) is 6.04. The number of anilines is 1. The molecule has 1 fully saturated rings. The van der Waals surface area contributed by atoms with Crippen molar-refractivity contribution in [2.75, 3.05) is 5.32 Å². The maximum absolute atomic E-state index is 12.0. The van der Waals surface area contributed by atoms with Crippen molar-refractivity contribution in [3.8, 4) is 0 Å². The van der Waals surface area contributed by atoms with Gasteiger partial charge >= 0.3 is 0 Å². The molecule has 0 bridgehead atoms. The average Bonchev–Trinajstić information content (AvgIpc) is 2.38. The van der Waals surface area contributed by atoms with Crippen LogP contribution in [0.2, 0.25) is 0 Å². The fourth-order valence-electron chi connectivity index (χ4n) is 2.53. The van der Waals surface area contributed by atoms with E-state index in [1.807, 2.05) is 30.3 Å². The topological polar surface area (TPSA) is 29.1 Å². The molecule has 2 aromatic carbocycles. The summed E-state index contributed by atoms with van der Waals surface area (Å²) >= 11 is 3.55. The number of hydrogen-bond donors (Lipinski definition) is 1. The highest BCUT2D eigenvalue weighted by Gasteiger charge is 2.20. The highest BCUT2D eigenvalue weighted by Crippen LogP contribution is 2.32. The predicted molar refractivity (Wildman–Crippen MR) is 82.2 cm³/mol. The Morgan fingerprint density at radius 2 is 1.89 bits per heavy atom. The lowest BCUT2D eigenvalue weighted by Crippen LogP contribution is -2.20. The van der Waals surface area contributed by atoms with Crippen LogP contribution in [-0.4, -0.2) is 5.91 Å². The molecule has 98 valence electrons. The fraction of sp³-hybridized carbons (Fsp3) is 0.312. The summed E-state index contributed by atoms with van der Waals surface area (Å²) in [5.74, 6) is 0.735. The molecule has 0 saturated heterocycles. The molecule has 1 saturated carbocycles. The molecule has 0 heterocycles. The molecule has 1 amide bonds. The van der Waals surface area contributed by atoms with Crippen molar-refractivity contribution in [1.82, 2.24) is 0 Å². The van der Waals surface area contributed by atoms with Gasteiger partial charge in [-0.2, -0.15) is 0 Å². The van der Waals surface area contributed by atoms with Gasteiger partial charge in [0, 0.05) is 22.0 Å². The van der Waals surface area contributed by atoms with Crippen molar-refractivity contribution in [1.29, 1.82) is 0 Å². The second-order valence-electron chi connectivity index (χ2n) is 5.19. The molecule has 1 aliphatic carbocycles. The Labute approximate surface area is 121 Å². The summed E-state index contributed by atoms with van der Waals surface area (Å²) in [6.45, 7) is 0. The zero-order valence-electron chi connectivity index (χ0n) is 10.7. The van der Waals surface area contributed by atoms with Gasteiger partial charge in [-0.05, 0) is 36.3 Å². The van der Waals surface area contributed by atoms with Gasteiger partial charge in [0.1, 0.15) is 0 Å². The molecule has 2 nitrogen and oxygen atoms in total. The van der Waals surface area contributed by atoms with E-state index < -0.39 is 0 Å². The molecule has 0 aliphatic heterocycles. The lowest BCUT2D eigenvalue weighted by molar-refractivity contribution is -0.117. The first kappa shape index (κ1) is 12.7. The van der Waals surface area contributed by atoms with Crippen molar-refractivity contribution in [2.24, 2.45) is 5.92 Å². The lowest BCUT2D eigenvalue weighted by atomic mass is 9.83. The number of nitrogens with one attached hydrogen (secondary N) is 1. The molecule has 2 aromatic rings. The summed E-state index contributed by atoms with van der Waals surface area (Å²) in [5, 5.41) is 5.26. The Morgan fingerprint density at radius 3 is 2.58 bits per heavy atom. The summed E-state index contributed by atoms with van der Waals surface area (Å²) in [4.78, 5) is 12.0. The molecule has 3 rings (SSSR count). The summed E-state index contributed by atoms with van der Waals surface area (Å²) in [7, 11) is 0. The number of benzene rings is 2. The molecule has 1 N–H and O–H groups in total. The Hall–Kier alpha value is -1.35. The Balaban J connectivity index is 1.84. The molecular formula is C16H16BrNO. The Bertz CT molecular complexity index is 619. The van der Waals surface area contributed by atoms with Gasteiger partial charge in [0.2, 0.25) is 5.91 Å². The molecule has 0 radical (unpaired) electrons. The molecule has 19 heavy (non-hydrogen) atoms. The van der Waals surface area contributed by atoms with E-state index in [2.05, 4.69) is 27.3 Å². The maximum Gasteiger partial charge on any atom is 0.224 e. The van der Waals surface area contributed by atoms with Crippen LogP contribution in [0.4, 0.5) is 5.69 Å². The normalized spacial score (nSPS) is 15.2. The third-order valence-electron chi connectivity index (χ3n) is 3.84. The van der Waals surface area contributed by atoms with Gasteiger partial charge in [-0.25, -0.2) is 0 Å². The largest absolute Gasteiger partial charge is 0.326 e. The predicted octanol–water partition coefficient (Wildman–Crippen LogP) is 4.73.